The number of carbonyl (C=O) groups excluding carboxylic acids is 1. The monoisotopic (exact) mass is 433 g/mol. The quantitative estimate of drug-likeness (QED) is 0.737. The molecule has 1 aromatic heterocycles. The van der Waals surface area contributed by atoms with Gasteiger partial charge >= 0.3 is 12.5 Å². The summed E-state index contributed by atoms with van der Waals surface area (Å²) in [6.07, 6.45) is -7.58. The molecule has 0 radical (unpaired) electrons. The van der Waals surface area contributed by atoms with Gasteiger partial charge in [0.2, 0.25) is 5.60 Å². The molecule has 0 saturated carbocycles. The summed E-state index contributed by atoms with van der Waals surface area (Å²) >= 11 is 0. The molecule has 2 aromatic rings. The van der Waals surface area contributed by atoms with Gasteiger partial charge in [0, 0.05) is 12.1 Å². The van der Waals surface area contributed by atoms with Crippen molar-refractivity contribution in [3.05, 3.63) is 41.5 Å². The number of nitrogens with zero attached hydrogens (tertiary/aromatic N) is 3. The molecule has 0 aliphatic carbocycles. The highest BCUT2D eigenvalue weighted by atomic mass is 19.4. The largest absolute Gasteiger partial charge is 0.586 e. The molecular weight excluding hydrogens is 417 g/mol. The maximum absolute atomic E-state index is 13.2. The van der Waals surface area contributed by atoms with Crippen molar-refractivity contribution in [1.82, 2.24) is 14.5 Å². The molecule has 30 heavy (non-hydrogen) atoms. The van der Waals surface area contributed by atoms with Gasteiger partial charge in [-0.3, -0.25) is 4.79 Å². The van der Waals surface area contributed by atoms with Crippen LogP contribution in [0.1, 0.15) is 41.8 Å². The van der Waals surface area contributed by atoms with E-state index < -0.39 is 35.8 Å². The third kappa shape index (κ3) is 3.15. The number of imidazole rings is 1. The summed E-state index contributed by atoms with van der Waals surface area (Å²) in [7, 11) is 0. The summed E-state index contributed by atoms with van der Waals surface area (Å²) < 4.78 is 76.0. The first-order chi connectivity index (χ1) is 13.8. The van der Waals surface area contributed by atoms with E-state index >= 15 is 0 Å². The molecule has 1 amide bonds. The lowest BCUT2D eigenvalue weighted by Crippen LogP contribution is -2.45. The first-order valence-corrected chi connectivity index (χ1v) is 8.85. The van der Waals surface area contributed by atoms with Crippen molar-refractivity contribution in [1.29, 1.82) is 0 Å². The minimum atomic E-state index is -4.93. The number of amides is 1. The third-order valence-electron chi connectivity index (χ3n) is 5.07. The molecule has 7 nitrogen and oxygen atoms in total. The van der Waals surface area contributed by atoms with Crippen LogP contribution in [0.5, 0.6) is 11.5 Å². The topological polar surface area (TPSA) is 76.8 Å². The van der Waals surface area contributed by atoms with Crippen LogP contribution < -0.4 is 9.47 Å². The van der Waals surface area contributed by atoms with E-state index in [2.05, 4.69) is 14.5 Å². The fourth-order valence-corrected chi connectivity index (χ4v) is 3.57. The van der Waals surface area contributed by atoms with Crippen LogP contribution in [0, 0.1) is 0 Å². The molecule has 2 atom stereocenters. The van der Waals surface area contributed by atoms with Crippen LogP contribution in [0.25, 0.3) is 0 Å². The molecule has 1 N–H and O–H groups in total. The molecule has 0 bridgehead atoms. The second-order valence-corrected chi connectivity index (χ2v) is 7.38. The molecule has 4 rings (SSSR count). The molecule has 0 fully saturated rings. The van der Waals surface area contributed by atoms with Gasteiger partial charge in [0.05, 0.1) is 24.5 Å². The molecule has 0 saturated heterocycles. The highest BCUT2D eigenvalue weighted by Crippen LogP contribution is 2.42. The number of rotatable bonds is 2. The van der Waals surface area contributed by atoms with Crippen molar-refractivity contribution in [3.8, 4) is 11.5 Å². The molecule has 2 aliphatic heterocycles. The Kier molecular flexibility index (Phi) is 4.28. The minimum Gasteiger partial charge on any atom is -0.395 e. The van der Waals surface area contributed by atoms with Crippen molar-refractivity contribution in [2.75, 3.05) is 6.54 Å². The van der Waals surface area contributed by atoms with Gasteiger partial charge in [-0.05, 0) is 32.0 Å². The van der Waals surface area contributed by atoms with E-state index in [1.807, 2.05) is 0 Å². The summed E-state index contributed by atoms with van der Waals surface area (Å²) in [5.74, 6) is -1.58. The summed E-state index contributed by atoms with van der Waals surface area (Å²) in [4.78, 5) is 18.0. The van der Waals surface area contributed by atoms with Gasteiger partial charge in [0.15, 0.2) is 17.3 Å². The van der Waals surface area contributed by atoms with E-state index in [4.69, 9.17) is 0 Å². The molecule has 162 valence electrons. The molecule has 2 aliphatic rings. The average molecular weight is 433 g/mol. The zero-order chi connectivity index (χ0) is 22.1. The molecular formula is C18H16F5N3O4. The second-order valence-electron chi connectivity index (χ2n) is 7.38. The predicted molar refractivity (Wildman–Crippen MR) is 89.9 cm³/mol. The average Bonchev–Trinajstić information content (AvgIpc) is 3.19. The van der Waals surface area contributed by atoms with Crippen molar-refractivity contribution in [3.63, 3.8) is 0 Å². The van der Waals surface area contributed by atoms with Crippen LogP contribution in [-0.2, 0) is 12.1 Å². The third-order valence-corrected chi connectivity index (χ3v) is 5.07. The standard InChI is InChI=1S/C18H16F5N3O4/c1-9-7-25(8-11-6-24-15(26(9)11)16(2,28)17(19,20)21)14(27)10-3-4-12-13(5-10)30-18(22,23)29-12/h3-6,9,28H,7-8H2,1-2H3/t9-,16?/m0/s1. The number of hydrogen-bond donors (Lipinski definition) is 1. The maximum Gasteiger partial charge on any atom is 0.586 e. The number of alkyl halides is 5. The number of aliphatic hydroxyl groups is 1. The van der Waals surface area contributed by atoms with E-state index in [9.17, 15) is 31.9 Å². The van der Waals surface area contributed by atoms with Crippen molar-refractivity contribution in [2.24, 2.45) is 0 Å². The lowest BCUT2D eigenvalue weighted by Gasteiger charge is -2.36. The summed E-state index contributed by atoms with van der Waals surface area (Å²) in [5, 5.41) is 9.99. The Bertz CT molecular complexity index is 1020. The fourth-order valence-electron chi connectivity index (χ4n) is 3.57. The van der Waals surface area contributed by atoms with E-state index in [1.165, 1.54) is 27.8 Å². The number of hydrogen-bond acceptors (Lipinski definition) is 5. The van der Waals surface area contributed by atoms with Crippen LogP contribution in [0.2, 0.25) is 0 Å². The highest BCUT2D eigenvalue weighted by molar-refractivity contribution is 5.95. The number of benzene rings is 1. The number of ether oxygens (including phenoxy) is 2. The number of halogens is 5. The fraction of sp³-hybridized carbons (Fsp3) is 0.444. The molecule has 1 aromatic carbocycles. The van der Waals surface area contributed by atoms with Gasteiger partial charge in [0.1, 0.15) is 0 Å². The van der Waals surface area contributed by atoms with Gasteiger partial charge in [-0.2, -0.15) is 13.2 Å². The van der Waals surface area contributed by atoms with Gasteiger partial charge < -0.3 is 24.0 Å². The normalized spacial score (nSPS) is 21.9. The van der Waals surface area contributed by atoms with Crippen LogP contribution in [0.15, 0.2) is 24.4 Å². The highest BCUT2D eigenvalue weighted by Gasteiger charge is 2.55. The molecule has 12 heteroatoms. The Labute approximate surface area is 166 Å². The zero-order valence-corrected chi connectivity index (χ0v) is 15.7. The van der Waals surface area contributed by atoms with Crippen LogP contribution in [-0.4, -0.2) is 44.5 Å². The van der Waals surface area contributed by atoms with Gasteiger partial charge in [-0.25, -0.2) is 4.98 Å². The molecule has 3 heterocycles. The van der Waals surface area contributed by atoms with E-state index in [0.29, 0.717) is 12.6 Å². The van der Waals surface area contributed by atoms with Gasteiger partial charge in [-0.15, -0.1) is 8.78 Å². The van der Waals surface area contributed by atoms with Crippen LogP contribution in [0.4, 0.5) is 22.0 Å². The smallest absolute Gasteiger partial charge is 0.395 e. The molecule has 0 spiro atoms. The Balaban J connectivity index is 1.60. The predicted octanol–water partition coefficient (Wildman–Crippen LogP) is 3.19. The SMILES string of the molecule is C[C@H]1CN(C(=O)c2ccc3c(c2)OC(F)(F)O3)Cc2cnc(C(C)(O)C(F)(F)F)n21. The lowest BCUT2D eigenvalue weighted by atomic mass is 10.0. The Morgan fingerprint density at radius 3 is 2.60 bits per heavy atom. The summed E-state index contributed by atoms with van der Waals surface area (Å²) in [5.41, 5.74) is -2.81. The van der Waals surface area contributed by atoms with Crippen molar-refractivity contribution < 1.29 is 41.3 Å². The van der Waals surface area contributed by atoms with E-state index in [0.717, 1.165) is 6.07 Å². The Morgan fingerprint density at radius 2 is 1.93 bits per heavy atom. The number of aromatic nitrogens is 2. The number of fused-ring (bicyclic) bond motifs is 2. The maximum atomic E-state index is 13.2. The Hall–Kier alpha value is -2.89. The Morgan fingerprint density at radius 1 is 1.27 bits per heavy atom. The van der Waals surface area contributed by atoms with Gasteiger partial charge in [-0.1, -0.05) is 0 Å². The lowest BCUT2D eigenvalue weighted by molar-refractivity contribution is -0.286. The number of carbonyl (C=O) groups is 1. The first-order valence-electron chi connectivity index (χ1n) is 8.85. The van der Waals surface area contributed by atoms with Crippen LogP contribution in [0.3, 0.4) is 0 Å². The molecule has 1 unspecified atom stereocenters. The summed E-state index contributed by atoms with van der Waals surface area (Å²) in [6, 6.07) is 2.97. The first kappa shape index (κ1) is 20.4. The summed E-state index contributed by atoms with van der Waals surface area (Å²) in [6.45, 7) is 2.15. The van der Waals surface area contributed by atoms with E-state index in [1.54, 1.807) is 6.92 Å². The van der Waals surface area contributed by atoms with Crippen LogP contribution >= 0.6 is 0 Å². The zero-order valence-electron chi connectivity index (χ0n) is 15.7. The second kappa shape index (κ2) is 6.30. The van der Waals surface area contributed by atoms with Crippen molar-refractivity contribution in [2.45, 2.75) is 44.5 Å². The minimum absolute atomic E-state index is 0.0216. The van der Waals surface area contributed by atoms with Gasteiger partial charge in [0.25, 0.3) is 5.91 Å². The van der Waals surface area contributed by atoms with Crippen molar-refractivity contribution >= 4 is 5.91 Å². The van der Waals surface area contributed by atoms with E-state index in [-0.39, 0.29) is 30.2 Å².